The molecule has 0 bridgehead atoms. The minimum atomic E-state index is 0.982. The van der Waals surface area contributed by atoms with E-state index in [1.54, 1.807) is 0 Å². The second kappa shape index (κ2) is 11.5. The number of aromatic nitrogens is 2. The van der Waals surface area contributed by atoms with Crippen molar-refractivity contribution in [3.8, 4) is 50.2 Å². The summed E-state index contributed by atoms with van der Waals surface area (Å²) in [6, 6.07) is 63.6. The number of hydrogen-bond donors (Lipinski definition) is 0. The third kappa shape index (κ3) is 4.70. The summed E-state index contributed by atoms with van der Waals surface area (Å²) in [5.74, 6) is 0.982. The summed E-state index contributed by atoms with van der Waals surface area (Å²) in [7, 11) is 0. The third-order valence-electron chi connectivity index (χ3n) is 9.53. The van der Waals surface area contributed by atoms with Crippen LogP contribution in [0.3, 0.4) is 0 Å². The van der Waals surface area contributed by atoms with E-state index in [2.05, 4.69) is 181 Å². The lowest BCUT2D eigenvalue weighted by molar-refractivity contribution is 1.00. The highest BCUT2D eigenvalue weighted by Crippen LogP contribution is 2.45. The molecule has 226 valence electrons. The average Bonchev–Trinajstić information content (AvgIpc) is 3.50. The molecular formula is C46H32N2. The quantitative estimate of drug-likeness (QED) is 0.177. The lowest BCUT2D eigenvalue weighted by Crippen LogP contribution is -1.97. The summed E-state index contributed by atoms with van der Waals surface area (Å²) < 4.78 is 2.24. The van der Waals surface area contributed by atoms with Gasteiger partial charge in [-0.25, -0.2) is 4.98 Å². The van der Waals surface area contributed by atoms with E-state index in [-0.39, 0.29) is 0 Å². The molecule has 0 radical (unpaired) electrons. The summed E-state index contributed by atoms with van der Waals surface area (Å²) in [4.78, 5) is 4.81. The Morgan fingerprint density at radius 1 is 0.375 bits per heavy atom. The van der Waals surface area contributed by atoms with Gasteiger partial charge in [0.25, 0.3) is 0 Å². The number of nitrogens with zero attached hydrogens (tertiary/aromatic N) is 2. The number of imidazole rings is 1. The van der Waals surface area contributed by atoms with Crippen molar-refractivity contribution in [2.45, 2.75) is 6.92 Å². The molecule has 0 N–H and O–H groups in total. The number of hydrogen-bond acceptors (Lipinski definition) is 1. The maximum absolute atomic E-state index is 4.81. The molecule has 1 heterocycles. The molecule has 0 saturated heterocycles. The molecule has 0 fully saturated rings. The highest BCUT2D eigenvalue weighted by atomic mass is 15.1. The van der Waals surface area contributed by atoms with Gasteiger partial charge in [0.2, 0.25) is 0 Å². The molecule has 2 heteroatoms. The summed E-state index contributed by atoms with van der Waals surface area (Å²) in [6.45, 7) is 2.07. The van der Waals surface area contributed by atoms with E-state index in [4.69, 9.17) is 4.98 Å². The Bertz CT molecular complexity index is 2600. The minimum absolute atomic E-state index is 0.982. The Hall–Kier alpha value is -6.25. The lowest BCUT2D eigenvalue weighted by atomic mass is 9.84. The summed E-state index contributed by atoms with van der Waals surface area (Å²) in [5, 5.41) is 4.98. The zero-order chi connectivity index (χ0) is 32.0. The van der Waals surface area contributed by atoms with E-state index in [0.717, 1.165) is 22.5 Å². The fourth-order valence-corrected chi connectivity index (χ4v) is 7.34. The largest absolute Gasteiger partial charge is 0.297 e. The number of fused-ring (bicyclic) bond motifs is 3. The van der Waals surface area contributed by atoms with Crippen LogP contribution in [0, 0.1) is 6.92 Å². The van der Waals surface area contributed by atoms with Crippen molar-refractivity contribution < 1.29 is 0 Å². The molecule has 8 aromatic carbocycles. The minimum Gasteiger partial charge on any atom is -0.297 e. The Morgan fingerprint density at radius 2 is 0.896 bits per heavy atom. The van der Waals surface area contributed by atoms with Crippen LogP contribution in [0.4, 0.5) is 0 Å². The number of para-hydroxylation sites is 2. The first-order valence-electron chi connectivity index (χ1n) is 16.5. The molecule has 9 rings (SSSR count). The maximum Gasteiger partial charge on any atom is 0.111 e. The van der Waals surface area contributed by atoms with Gasteiger partial charge in [0, 0.05) is 5.69 Å². The standard InChI is InChI=1S/C46H32N2/c1-31-47-43-21-10-11-22-44(43)48(31)38-26-23-34(24-27-38)45-39-19-8-9-20-40(39)46(37-18-12-17-35(29-37)32-13-4-2-5-14-32)42-30-36(25-28-41(42)45)33-15-6-3-7-16-33/h2-30H,1H3. The van der Waals surface area contributed by atoms with E-state index < -0.39 is 0 Å². The average molecular weight is 613 g/mol. The number of benzene rings is 8. The van der Waals surface area contributed by atoms with Crippen LogP contribution >= 0.6 is 0 Å². The van der Waals surface area contributed by atoms with Crippen molar-refractivity contribution in [3.05, 3.63) is 182 Å². The van der Waals surface area contributed by atoms with Crippen LogP contribution in [-0.4, -0.2) is 9.55 Å². The Labute approximate surface area is 280 Å². The number of aryl methyl sites for hydroxylation is 1. The molecule has 0 atom stereocenters. The van der Waals surface area contributed by atoms with Crippen molar-refractivity contribution in [2.24, 2.45) is 0 Å². The molecule has 0 aliphatic heterocycles. The van der Waals surface area contributed by atoms with Gasteiger partial charge in [-0.1, -0.05) is 140 Å². The molecule has 48 heavy (non-hydrogen) atoms. The van der Waals surface area contributed by atoms with Gasteiger partial charge in [-0.3, -0.25) is 4.57 Å². The number of rotatable bonds is 5. The predicted octanol–water partition coefficient (Wildman–Crippen LogP) is 12.3. The van der Waals surface area contributed by atoms with E-state index in [9.17, 15) is 0 Å². The second-order valence-corrected chi connectivity index (χ2v) is 12.4. The van der Waals surface area contributed by atoms with Crippen molar-refractivity contribution in [3.63, 3.8) is 0 Å². The second-order valence-electron chi connectivity index (χ2n) is 12.4. The molecule has 0 spiro atoms. The van der Waals surface area contributed by atoms with E-state index in [1.807, 2.05) is 6.07 Å². The SMILES string of the molecule is Cc1nc2ccccc2n1-c1ccc(-c2c3ccccc3c(-c3cccc(-c4ccccc4)c3)c3cc(-c4ccccc4)ccc23)cc1. The Morgan fingerprint density at radius 3 is 1.60 bits per heavy atom. The summed E-state index contributed by atoms with van der Waals surface area (Å²) in [6.07, 6.45) is 0. The Kier molecular flexibility index (Phi) is 6.72. The van der Waals surface area contributed by atoms with Gasteiger partial charge in [-0.05, 0) is 109 Å². The van der Waals surface area contributed by atoms with E-state index >= 15 is 0 Å². The fraction of sp³-hybridized carbons (Fsp3) is 0.0217. The Balaban J connectivity index is 1.30. The first-order chi connectivity index (χ1) is 23.7. The first kappa shape index (κ1) is 28.0. The highest BCUT2D eigenvalue weighted by molar-refractivity contribution is 6.22. The van der Waals surface area contributed by atoms with Gasteiger partial charge >= 0.3 is 0 Å². The van der Waals surface area contributed by atoms with Gasteiger partial charge in [0.1, 0.15) is 5.82 Å². The predicted molar refractivity (Wildman–Crippen MR) is 203 cm³/mol. The molecule has 0 unspecified atom stereocenters. The zero-order valence-corrected chi connectivity index (χ0v) is 26.6. The van der Waals surface area contributed by atoms with E-state index in [1.165, 1.54) is 66.1 Å². The summed E-state index contributed by atoms with van der Waals surface area (Å²) >= 11 is 0. The molecule has 2 nitrogen and oxygen atoms in total. The van der Waals surface area contributed by atoms with Gasteiger partial charge in [-0.2, -0.15) is 0 Å². The highest BCUT2D eigenvalue weighted by Gasteiger charge is 2.18. The van der Waals surface area contributed by atoms with Gasteiger partial charge < -0.3 is 0 Å². The monoisotopic (exact) mass is 612 g/mol. The van der Waals surface area contributed by atoms with Crippen LogP contribution in [-0.2, 0) is 0 Å². The molecule has 0 amide bonds. The van der Waals surface area contributed by atoms with Crippen molar-refractivity contribution >= 4 is 32.6 Å². The lowest BCUT2D eigenvalue weighted by Gasteiger charge is -2.19. The van der Waals surface area contributed by atoms with Crippen LogP contribution in [0.2, 0.25) is 0 Å². The van der Waals surface area contributed by atoms with Crippen molar-refractivity contribution in [1.29, 1.82) is 0 Å². The van der Waals surface area contributed by atoms with Crippen molar-refractivity contribution in [2.75, 3.05) is 0 Å². The fourth-order valence-electron chi connectivity index (χ4n) is 7.34. The van der Waals surface area contributed by atoms with Crippen LogP contribution < -0.4 is 0 Å². The summed E-state index contributed by atoms with van der Waals surface area (Å²) in [5.41, 5.74) is 13.0. The molecule has 0 aliphatic carbocycles. The van der Waals surface area contributed by atoms with Gasteiger partial charge in [0.15, 0.2) is 0 Å². The first-order valence-corrected chi connectivity index (χ1v) is 16.5. The van der Waals surface area contributed by atoms with Crippen LogP contribution in [0.5, 0.6) is 0 Å². The molecular weight excluding hydrogens is 581 g/mol. The molecule has 1 aromatic heterocycles. The van der Waals surface area contributed by atoms with Crippen LogP contribution in [0.1, 0.15) is 5.82 Å². The van der Waals surface area contributed by atoms with Gasteiger partial charge in [-0.15, -0.1) is 0 Å². The molecule has 9 aromatic rings. The topological polar surface area (TPSA) is 17.8 Å². The third-order valence-corrected chi connectivity index (χ3v) is 9.53. The molecule has 0 aliphatic rings. The molecule has 0 saturated carbocycles. The van der Waals surface area contributed by atoms with Crippen LogP contribution in [0.15, 0.2) is 176 Å². The van der Waals surface area contributed by atoms with Crippen LogP contribution in [0.25, 0.3) is 82.8 Å². The smallest absolute Gasteiger partial charge is 0.111 e. The normalized spacial score (nSPS) is 11.4. The van der Waals surface area contributed by atoms with Crippen molar-refractivity contribution in [1.82, 2.24) is 9.55 Å². The zero-order valence-electron chi connectivity index (χ0n) is 26.6. The van der Waals surface area contributed by atoms with E-state index in [0.29, 0.717) is 0 Å². The van der Waals surface area contributed by atoms with Gasteiger partial charge in [0.05, 0.1) is 11.0 Å². The maximum atomic E-state index is 4.81.